The van der Waals surface area contributed by atoms with Crippen molar-refractivity contribution in [2.75, 3.05) is 6.61 Å². The van der Waals surface area contributed by atoms with E-state index in [1.54, 1.807) is 0 Å². The van der Waals surface area contributed by atoms with E-state index in [1.807, 2.05) is 6.07 Å². The van der Waals surface area contributed by atoms with E-state index in [4.69, 9.17) is 9.47 Å². The van der Waals surface area contributed by atoms with Crippen LogP contribution < -0.4 is 62.9 Å². The number of aryl methyl sites for hydroxylation is 1. The fourth-order valence-electron chi connectivity index (χ4n) is 4.93. The van der Waals surface area contributed by atoms with Gasteiger partial charge in [-0.25, -0.2) is 4.39 Å². The molecule has 0 saturated heterocycles. The summed E-state index contributed by atoms with van der Waals surface area (Å²) >= 11 is 0. The average Bonchev–Trinajstić information content (AvgIpc) is 2.67. The molecular formula is C22H30FO2Rb. The maximum atomic E-state index is 13.4. The molecule has 0 spiro atoms. The maximum Gasteiger partial charge on any atom is 1.00 e. The molecule has 2 saturated carbocycles. The van der Waals surface area contributed by atoms with Crippen LogP contribution in [0.4, 0.5) is 4.39 Å². The van der Waals surface area contributed by atoms with Gasteiger partial charge < -0.3 is 15.9 Å². The van der Waals surface area contributed by atoms with Gasteiger partial charge in [0.25, 0.3) is 0 Å². The van der Waals surface area contributed by atoms with Gasteiger partial charge in [-0.2, -0.15) is 12.8 Å². The van der Waals surface area contributed by atoms with E-state index in [0.29, 0.717) is 11.7 Å². The van der Waals surface area contributed by atoms with Gasteiger partial charge in [0.15, 0.2) is 6.29 Å². The fraction of sp³-hybridized carbons (Fsp3) is 0.682. The summed E-state index contributed by atoms with van der Waals surface area (Å²) in [6, 6.07) is 4.81. The van der Waals surface area contributed by atoms with Crippen LogP contribution in [0.1, 0.15) is 63.4 Å². The number of fused-ring (bicyclic) bond motifs is 1. The van der Waals surface area contributed by atoms with Crippen LogP contribution in [0, 0.1) is 30.0 Å². The summed E-state index contributed by atoms with van der Waals surface area (Å²) < 4.78 is 25.3. The van der Waals surface area contributed by atoms with Gasteiger partial charge in [-0.3, -0.25) is 0 Å². The van der Waals surface area contributed by atoms with E-state index in [1.165, 1.54) is 63.5 Å². The zero-order valence-electron chi connectivity index (χ0n) is 16.1. The third kappa shape index (κ3) is 5.62. The summed E-state index contributed by atoms with van der Waals surface area (Å²) in [5.41, 5.74) is 1.09. The minimum absolute atomic E-state index is 0. The Hall–Kier alpha value is 0.715. The zero-order valence-corrected chi connectivity index (χ0v) is 21.0. The van der Waals surface area contributed by atoms with E-state index >= 15 is 0 Å². The van der Waals surface area contributed by atoms with E-state index in [-0.39, 0.29) is 70.3 Å². The number of ether oxygens (including phenoxy) is 2. The van der Waals surface area contributed by atoms with Gasteiger partial charge in [0.2, 0.25) is 0 Å². The van der Waals surface area contributed by atoms with Crippen LogP contribution in [0.5, 0.6) is 5.75 Å². The van der Waals surface area contributed by atoms with Crippen LogP contribution in [0.2, 0.25) is 0 Å². The molecule has 4 rings (SSSR count). The second kappa shape index (κ2) is 10.5. The van der Waals surface area contributed by atoms with Crippen molar-refractivity contribution in [3.05, 3.63) is 36.0 Å². The van der Waals surface area contributed by atoms with Crippen molar-refractivity contribution in [3.8, 4) is 5.75 Å². The first-order valence-corrected chi connectivity index (χ1v) is 10.2. The Morgan fingerprint density at radius 1 is 1.00 bits per heavy atom. The molecule has 138 valence electrons. The number of rotatable bonds is 4. The number of benzene rings is 1. The summed E-state index contributed by atoms with van der Waals surface area (Å²) in [7, 11) is 0. The first-order valence-electron chi connectivity index (χ1n) is 10.2. The van der Waals surface area contributed by atoms with Gasteiger partial charge in [0.05, 0.1) is 6.61 Å². The first kappa shape index (κ1) is 21.4. The normalized spacial score (nSPS) is 29.3. The summed E-state index contributed by atoms with van der Waals surface area (Å²) in [4.78, 5) is 0. The zero-order chi connectivity index (χ0) is 17.1. The van der Waals surface area contributed by atoms with E-state index in [0.717, 1.165) is 36.8 Å². The van der Waals surface area contributed by atoms with Crippen molar-refractivity contribution in [2.45, 2.75) is 70.5 Å². The molecule has 0 aromatic heterocycles. The Morgan fingerprint density at radius 2 is 1.73 bits per heavy atom. The molecule has 0 bridgehead atoms. The number of hydrogen-bond donors (Lipinski definition) is 0. The Bertz CT molecular complexity index is 565. The monoisotopic (exact) mass is 430 g/mol. The van der Waals surface area contributed by atoms with Crippen molar-refractivity contribution in [1.29, 1.82) is 0 Å². The van der Waals surface area contributed by atoms with Gasteiger partial charge in [-0.15, -0.1) is 0 Å². The van der Waals surface area contributed by atoms with Gasteiger partial charge in [-0.05, 0) is 61.5 Å². The molecule has 4 heteroatoms. The molecule has 2 fully saturated rings. The molecule has 3 aliphatic rings. The van der Waals surface area contributed by atoms with Crippen LogP contribution in [-0.2, 0) is 11.2 Å². The molecule has 0 N–H and O–H groups in total. The summed E-state index contributed by atoms with van der Waals surface area (Å²) in [5, 5.41) is 0. The molecule has 26 heavy (non-hydrogen) atoms. The minimum atomic E-state index is -0.238. The SMILES string of the molecule is Fc1ccc2c(c1)OC(OCC1CCC(C3CC[CH-]CC3)CC1)CC2.[Rb+]. The smallest absolute Gasteiger partial charge is 0.465 e. The van der Waals surface area contributed by atoms with Crippen molar-refractivity contribution in [1.82, 2.24) is 0 Å². The molecule has 1 atom stereocenters. The van der Waals surface area contributed by atoms with E-state index in [2.05, 4.69) is 6.42 Å². The third-order valence-electron chi connectivity index (χ3n) is 6.50. The molecule has 1 unspecified atom stereocenters. The van der Waals surface area contributed by atoms with E-state index in [9.17, 15) is 4.39 Å². The van der Waals surface area contributed by atoms with Crippen molar-refractivity contribution < 1.29 is 72.1 Å². The van der Waals surface area contributed by atoms with Crippen molar-refractivity contribution in [2.24, 2.45) is 17.8 Å². The Labute approximate surface area is 206 Å². The van der Waals surface area contributed by atoms with Crippen LogP contribution in [0.25, 0.3) is 0 Å². The van der Waals surface area contributed by atoms with Gasteiger partial charge in [0, 0.05) is 12.5 Å². The molecular weight excluding hydrogens is 401 g/mol. The Balaban J connectivity index is 0.00000196. The van der Waals surface area contributed by atoms with E-state index < -0.39 is 0 Å². The predicted octanol–water partition coefficient (Wildman–Crippen LogP) is 2.70. The van der Waals surface area contributed by atoms with Crippen LogP contribution in [-0.4, -0.2) is 12.9 Å². The topological polar surface area (TPSA) is 18.5 Å². The van der Waals surface area contributed by atoms with Crippen molar-refractivity contribution in [3.63, 3.8) is 0 Å². The predicted molar refractivity (Wildman–Crippen MR) is 96.8 cm³/mol. The van der Waals surface area contributed by atoms with Crippen LogP contribution >= 0.6 is 0 Å². The van der Waals surface area contributed by atoms with Crippen molar-refractivity contribution >= 4 is 0 Å². The fourth-order valence-corrected chi connectivity index (χ4v) is 4.93. The van der Waals surface area contributed by atoms with Gasteiger partial charge in [-0.1, -0.05) is 18.9 Å². The molecule has 2 nitrogen and oxygen atoms in total. The minimum Gasteiger partial charge on any atom is -0.465 e. The second-order valence-corrected chi connectivity index (χ2v) is 8.16. The summed E-state index contributed by atoms with van der Waals surface area (Å²) in [5.74, 6) is 3.02. The maximum absolute atomic E-state index is 13.4. The molecule has 1 heterocycles. The summed E-state index contributed by atoms with van der Waals surface area (Å²) in [6.45, 7) is 0.792. The Kier molecular flexibility index (Phi) is 8.64. The Morgan fingerprint density at radius 3 is 2.50 bits per heavy atom. The van der Waals surface area contributed by atoms with Gasteiger partial charge in [0.1, 0.15) is 11.6 Å². The standard InChI is InChI=1S/C22H30FO2.Rb/c23-20-12-10-19-11-13-22(25-21(19)14-20)24-15-16-6-8-18(9-7-16)17-4-2-1-3-5-17;/h1,10,12,14,16-18,22H,2-9,11,13,15H2;/q-1;+1. The molecule has 1 aliphatic heterocycles. The molecule has 2 aliphatic carbocycles. The molecule has 0 radical (unpaired) electrons. The number of hydrogen-bond acceptors (Lipinski definition) is 2. The number of halogens is 1. The van der Waals surface area contributed by atoms with Gasteiger partial charge >= 0.3 is 58.2 Å². The quantitative estimate of drug-likeness (QED) is 0.684. The summed E-state index contributed by atoms with van der Waals surface area (Å²) in [6.07, 6.45) is 14.9. The molecule has 1 aromatic rings. The largest absolute Gasteiger partial charge is 1.00 e. The second-order valence-electron chi connectivity index (χ2n) is 8.16. The molecule has 0 amide bonds. The average molecular weight is 431 g/mol. The molecule has 1 aromatic carbocycles. The first-order chi connectivity index (χ1) is 12.3. The van der Waals surface area contributed by atoms with Crippen LogP contribution in [0.3, 0.4) is 0 Å². The van der Waals surface area contributed by atoms with Crippen LogP contribution in [0.15, 0.2) is 18.2 Å². The third-order valence-corrected chi connectivity index (χ3v) is 6.50.